The van der Waals surface area contributed by atoms with E-state index in [2.05, 4.69) is 4.98 Å². The van der Waals surface area contributed by atoms with Gasteiger partial charge in [-0.05, 0) is 31.2 Å². The Morgan fingerprint density at radius 3 is 2.76 bits per heavy atom. The fourth-order valence-electron chi connectivity index (χ4n) is 2.28. The molecular weight excluding hydrogens is 267 g/mol. The van der Waals surface area contributed by atoms with Gasteiger partial charge in [-0.3, -0.25) is 4.98 Å². The lowest BCUT2D eigenvalue weighted by Gasteiger charge is -2.14. The normalized spacial score (nSPS) is 12.3. The van der Waals surface area contributed by atoms with E-state index in [1.807, 2.05) is 30.3 Å². The lowest BCUT2D eigenvalue weighted by atomic mass is 10.1. The summed E-state index contributed by atoms with van der Waals surface area (Å²) in [7, 11) is 0. The molecule has 0 amide bonds. The van der Waals surface area contributed by atoms with Gasteiger partial charge in [0, 0.05) is 17.0 Å². The molecule has 1 heterocycles. The topological polar surface area (TPSA) is 48.1 Å². The van der Waals surface area contributed by atoms with Gasteiger partial charge in [0.1, 0.15) is 17.3 Å². The van der Waals surface area contributed by atoms with Crippen LogP contribution in [0, 0.1) is 5.82 Å². The fraction of sp³-hybridized carbons (Fsp3) is 0.118. The van der Waals surface area contributed by atoms with Crippen LogP contribution in [-0.4, -0.2) is 4.98 Å². The summed E-state index contributed by atoms with van der Waals surface area (Å²) in [6.07, 6.45) is 1.62. The highest BCUT2D eigenvalue weighted by molar-refractivity contribution is 5.79. The first-order valence-corrected chi connectivity index (χ1v) is 6.72. The van der Waals surface area contributed by atoms with Crippen LogP contribution in [0.4, 0.5) is 4.39 Å². The van der Waals surface area contributed by atoms with E-state index in [4.69, 9.17) is 10.5 Å². The van der Waals surface area contributed by atoms with Crippen LogP contribution >= 0.6 is 0 Å². The summed E-state index contributed by atoms with van der Waals surface area (Å²) in [5, 5.41) is 0.966. The Labute approximate surface area is 122 Å². The number of aromatic nitrogens is 1. The Hall–Kier alpha value is -2.46. The second-order valence-corrected chi connectivity index (χ2v) is 4.91. The van der Waals surface area contributed by atoms with Crippen molar-refractivity contribution in [1.29, 1.82) is 0 Å². The summed E-state index contributed by atoms with van der Waals surface area (Å²) in [6.45, 7) is 1.73. The van der Waals surface area contributed by atoms with Crippen molar-refractivity contribution in [1.82, 2.24) is 4.98 Å². The van der Waals surface area contributed by atoms with Crippen molar-refractivity contribution in [2.45, 2.75) is 13.0 Å². The van der Waals surface area contributed by atoms with Crippen molar-refractivity contribution in [2.24, 2.45) is 5.73 Å². The Morgan fingerprint density at radius 1 is 1.14 bits per heavy atom. The quantitative estimate of drug-likeness (QED) is 0.783. The van der Waals surface area contributed by atoms with Gasteiger partial charge in [-0.15, -0.1) is 0 Å². The summed E-state index contributed by atoms with van der Waals surface area (Å²) >= 11 is 0. The molecule has 3 nitrogen and oxygen atoms in total. The van der Waals surface area contributed by atoms with Crippen LogP contribution in [0.2, 0.25) is 0 Å². The van der Waals surface area contributed by atoms with Gasteiger partial charge in [0.05, 0.1) is 11.7 Å². The van der Waals surface area contributed by atoms with Crippen molar-refractivity contribution in [3.8, 4) is 11.5 Å². The predicted molar refractivity (Wildman–Crippen MR) is 80.8 cm³/mol. The molecule has 0 unspecified atom stereocenters. The molecule has 0 spiro atoms. The minimum absolute atomic E-state index is 0.365. The molecule has 0 aliphatic rings. The molecule has 2 aromatic carbocycles. The van der Waals surface area contributed by atoms with Gasteiger partial charge < -0.3 is 10.5 Å². The summed E-state index contributed by atoms with van der Waals surface area (Å²) in [5.74, 6) is 0.611. The Morgan fingerprint density at radius 2 is 1.95 bits per heavy atom. The van der Waals surface area contributed by atoms with Crippen LogP contribution in [-0.2, 0) is 0 Å². The summed E-state index contributed by atoms with van der Waals surface area (Å²) in [6, 6.07) is 13.8. The summed E-state index contributed by atoms with van der Waals surface area (Å²) in [4.78, 5) is 4.32. The number of halogens is 1. The number of benzene rings is 2. The third-order valence-electron chi connectivity index (χ3n) is 3.26. The number of nitrogens with zero attached hydrogens (tertiary/aromatic N) is 1. The van der Waals surface area contributed by atoms with Crippen LogP contribution in [0.5, 0.6) is 11.5 Å². The maximum Gasteiger partial charge on any atom is 0.146 e. The molecule has 1 atom stereocenters. The molecular formula is C17H15FN2O. The number of ether oxygens (including phenoxy) is 1. The lowest BCUT2D eigenvalue weighted by molar-refractivity contribution is 0.460. The predicted octanol–water partition coefficient (Wildman–Crippen LogP) is 4.19. The van der Waals surface area contributed by atoms with E-state index in [0.29, 0.717) is 17.1 Å². The zero-order valence-corrected chi connectivity index (χ0v) is 11.6. The van der Waals surface area contributed by atoms with E-state index in [9.17, 15) is 4.39 Å². The number of pyridine rings is 1. The minimum atomic E-state index is -0.449. The second kappa shape index (κ2) is 5.50. The smallest absolute Gasteiger partial charge is 0.146 e. The van der Waals surface area contributed by atoms with Crippen LogP contribution in [0.25, 0.3) is 10.9 Å². The van der Waals surface area contributed by atoms with Gasteiger partial charge in [0.2, 0.25) is 0 Å². The SMILES string of the molecule is C[C@@H](N)c1c(F)cccc1Oc1cnc2ccccc2c1. The van der Waals surface area contributed by atoms with Gasteiger partial charge in [0.25, 0.3) is 0 Å². The minimum Gasteiger partial charge on any atom is -0.455 e. The van der Waals surface area contributed by atoms with Crippen molar-refractivity contribution in [3.05, 3.63) is 66.1 Å². The zero-order valence-electron chi connectivity index (χ0n) is 11.6. The average molecular weight is 282 g/mol. The van der Waals surface area contributed by atoms with Crippen molar-refractivity contribution in [2.75, 3.05) is 0 Å². The van der Waals surface area contributed by atoms with Crippen LogP contribution in [0.15, 0.2) is 54.7 Å². The molecule has 0 fully saturated rings. The highest BCUT2D eigenvalue weighted by Crippen LogP contribution is 2.31. The number of nitrogens with two attached hydrogens (primary N) is 1. The molecule has 2 N–H and O–H groups in total. The maximum absolute atomic E-state index is 13.9. The molecule has 0 aliphatic heterocycles. The third-order valence-corrected chi connectivity index (χ3v) is 3.26. The Kier molecular flexibility index (Phi) is 3.54. The van der Waals surface area contributed by atoms with Crippen molar-refractivity contribution >= 4 is 10.9 Å². The van der Waals surface area contributed by atoms with Gasteiger partial charge in [-0.2, -0.15) is 0 Å². The molecule has 3 aromatic rings. The average Bonchev–Trinajstić information content (AvgIpc) is 2.47. The molecule has 106 valence electrons. The monoisotopic (exact) mass is 282 g/mol. The van der Waals surface area contributed by atoms with Crippen molar-refractivity contribution in [3.63, 3.8) is 0 Å². The maximum atomic E-state index is 13.9. The number of para-hydroxylation sites is 1. The molecule has 3 rings (SSSR count). The summed E-state index contributed by atoms with van der Waals surface area (Å²) < 4.78 is 19.7. The fourth-order valence-corrected chi connectivity index (χ4v) is 2.28. The number of hydrogen-bond donors (Lipinski definition) is 1. The van der Waals surface area contributed by atoms with Gasteiger partial charge in [-0.25, -0.2) is 4.39 Å². The summed E-state index contributed by atoms with van der Waals surface area (Å²) in [5.41, 5.74) is 7.08. The number of rotatable bonds is 3. The van der Waals surface area contributed by atoms with E-state index in [-0.39, 0.29) is 5.82 Å². The molecule has 0 saturated carbocycles. The molecule has 0 radical (unpaired) electrons. The van der Waals surface area contributed by atoms with E-state index in [0.717, 1.165) is 10.9 Å². The third kappa shape index (κ3) is 2.71. The number of hydrogen-bond acceptors (Lipinski definition) is 3. The number of fused-ring (bicyclic) bond motifs is 1. The molecule has 4 heteroatoms. The lowest BCUT2D eigenvalue weighted by Crippen LogP contribution is -2.09. The van der Waals surface area contributed by atoms with Crippen LogP contribution in [0.3, 0.4) is 0 Å². The van der Waals surface area contributed by atoms with Gasteiger partial charge >= 0.3 is 0 Å². The van der Waals surface area contributed by atoms with Crippen molar-refractivity contribution < 1.29 is 9.13 Å². The van der Waals surface area contributed by atoms with E-state index >= 15 is 0 Å². The molecule has 0 aliphatic carbocycles. The Bertz CT molecular complexity index is 787. The van der Waals surface area contributed by atoms with Gasteiger partial charge in [0.15, 0.2) is 0 Å². The highest BCUT2D eigenvalue weighted by atomic mass is 19.1. The first kappa shape index (κ1) is 13.5. The first-order valence-electron chi connectivity index (χ1n) is 6.72. The second-order valence-electron chi connectivity index (χ2n) is 4.91. The standard InChI is InChI=1S/C17H15FN2O/c1-11(19)17-14(18)6-4-8-16(17)21-13-9-12-5-2-3-7-15(12)20-10-13/h2-11H,19H2,1H3/t11-/m1/s1. The van der Waals surface area contributed by atoms with E-state index in [1.165, 1.54) is 6.07 Å². The highest BCUT2D eigenvalue weighted by Gasteiger charge is 2.14. The molecule has 21 heavy (non-hydrogen) atoms. The molecule has 1 aromatic heterocycles. The Balaban J connectivity index is 2.00. The first-order chi connectivity index (χ1) is 10.1. The largest absolute Gasteiger partial charge is 0.455 e. The van der Waals surface area contributed by atoms with Crippen LogP contribution in [0.1, 0.15) is 18.5 Å². The van der Waals surface area contributed by atoms with E-state index in [1.54, 1.807) is 25.3 Å². The van der Waals surface area contributed by atoms with Gasteiger partial charge in [-0.1, -0.05) is 24.3 Å². The molecule has 0 saturated heterocycles. The zero-order chi connectivity index (χ0) is 14.8. The van der Waals surface area contributed by atoms with E-state index < -0.39 is 6.04 Å². The molecule has 0 bridgehead atoms. The van der Waals surface area contributed by atoms with Crippen LogP contribution < -0.4 is 10.5 Å².